The first-order chi connectivity index (χ1) is 9.38. The van der Waals surface area contributed by atoms with E-state index in [1.807, 2.05) is 0 Å². The molecule has 0 aliphatic heterocycles. The number of fused-ring (bicyclic) bond motifs is 1. The summed E-state index contributed by atoms with van der Waals surface area (Å²) in [7, 11) is 1.62. The van der Waals surface area contributed by atoms with Crippen LogP contribution in [-0.4, -0.2) is 12.8 Å². The molecule has 0 bridgehead atoms. The Morgan fingerprint density at radius 3 is 2.58 bits per heavy atom. The highest BCUT2D eigenvalue weighted by Crippen LogP contribution is 2.33. The molecule has 0 aromatic heterocycles. The van der Waals surface area contributed by atoms with Crippen LogP contribution in [0.1, 0.15) is 22.6 Å². The minimum Gasteiger partial charge on any atom is -0.399 e. The number of rotatable bonds is 3. The van der Waals surface area contributed by atoms with Crippen molar-refractivity contribution in [3.05, 3.63) is 71.3 Å². The quantitative estimate of drug-likeness (QED) is 0.764. The van der Waals surface area contributed by atoms with Crippen molar-refractivity contribution in [1.29, 1.82) is 0 Å². The van der Waals surface area contributed by atoms with Crippen molar-refractivity contribution in [2.45, 2.75) is 18.8 Å². The van der Waals surface area contributed by atoms with Crippen molar-refractivity contribution >= 4 is 5.71 Å². The smallest absolute Gasteiger partial charge is 0.106 e. The summed E-state index contributed by atoms with van der Waals surface area (Å²) in [5.41, 5.74) is 5.24. The van der Waals surface area contributed by atoms with E-state index in [2.05, 4.69) is 59.8 Å². The van der Waals surface area contributed by atoms with Crippen molar-refractivity contribution in [3.63, 3.8) is 0 Å². The van der Waals surface area contributed by atoms with Gasteiger partial charge in [-0.05, 0) is 23.1 Å². The highest BCUT2D eigenvalue weighted by Gasteiger charge is 2.29. The molecule has 1 aliphatic carbocycles. The third-order valence-electron chi connectivity index (χ3n) is 3.70. The minimum absolute atomic E-state index is 0.346. The average molecular weight is 251 g/mol. The van der Waals surface area contributed by atoms with Crippen LogP contribution in [0.2, 0.25) is 0 Å². The van der Waals surface area contributed by atoms with E-state index >= 15 is 0 Å². The van der Waals surface area contributed by atoms with Gasteiger partial charge in [-0.15, -0.1) is 0 Å². The molecule has 0 saturated carbocycles. The molecule has 0 N–H and O–H groups in total. The molecule has 2 aromatic rings. The SMILES string of the molecule is CO/N=C1/Cc2ccccc2C1Cc1ccccc1. The van der Waals surface area contributed by atoms with E-state index in [9.17, 15) is 0 Å². The zero-order chi connectivity index (χ0) is 13.1. The van der Waals surface area contributed by atoms with E-state index in [0.717, 1.165) is 18.6 Å². The van der Waals surface area contributed by atoms with E-state index in [4.69, 9.17) is 4.84 Å². The largest absolute Gasteiger partial charge is 0.399 e. The maximum absolute atomic E-state index is 5.01. The van der Waals surface area contributed by atoms with Crippen molar-refractivity contribution in [1.82, 2.24) is 0 Å². The summed E-state index contributed by atoms with van der Waals surface area (Å²) < 4.78 is 0. The van der Waals surface area contributed by atoms with Gasteiger partial charge < -0.3 is 4.84 Å². The zero-order valence-corrected chi connectivity index (χ0v) is 11.0. The number of oxime groups is 1. The highest BCUT2D eigenvalue weighted by molar-refractivity contribution is 5.96. The maximum atomic E-state index is 5.01. The van der Waals surface area contributed by atoms with Crippen LogP contribution in [0.5, 0.6) is 0 Å². The molecular formula is C17H17NO. The molecule has 2 heteroatoms. The molecule has 3 rings (SSSR count). The monoisotopic (exact) mass is 251 g/mol. The molecule has 0 fully saturated rings. The molecular weight excluding hydrogens is 234 g/mol. The number of nitrogens with zero attached hydrogens (tertiary/aromatic N) is 1. The van der Waals surface area contributed by atoms with E-state index < -0.39 is 0 Å². The summed E-state index contributed by atoms with van der Waals surface area (Å²) in [6.45, 7) is 0. The van der Waals surface area contributed by atoms with Crippen LogP contribution in [0.15, 0.2) is 59.8 Å². The lowest BCUT2D eigenvalue weighted by molar-refractivity contribution is 0.211. The summed E-state index contributed by atoms with van der Waals surface area (Å²) in [4.78, 5) is 5.01. The number of hydrogen-bond acceptors (Lipinski definition) is 2. The molecule has 0 heterocycles. The topological polar surface area (TPSA) is 21.6 Å². The second kappa shape index (κ2) is 5.27. The Labute approximate surface area is 113 Å². The maximum Gasteiger partial charge on any atom is 0.106 e. The first-order valence-corrected chi connectivity index (χ1v) is 6.60. The second-order valence-electron chi connectivity index (χ2n) is 4.88. The van der Waals surface area contributed by atoms with Gasteiger partial charge in [0.2, 0.25) is 0 Å². The van der Waals surface area contributed by atoms with Crippen molar-refractivity contribution < 1.29 is 4.84 Å². The summed E-state index contributed by atoms with van der Waals surface area (Å²) in [5, 5.41) is 4.23. The summed E-state index contributed by atoms with van der Waals surface area (Å²) in [5.74, 6) is 0.346. The average Bonchev–Trinajstić information content (AvgIpc) is 2.79. The number of hydrogen-bond donors (Lipinski definition) is 0. The second-order valence-corrected chi connectivity index (χ2v) is 4.88. The molecule has 0 spiro atoms. The molecule has 0 saturated heterocycles. The Bertz CT molecular complexity index is 589. The minimum atomic E-state index is 0.346. The predicted octanol–water partition coefficient (Wildman–Crippen LogP) is 3.57. The van der Waals surface area contributed by atoms with Crippen LogP contribution >= 0.6 is 0 Å². The lowest BCUT2D eigenvalue weighted by Crippen LogP contribution is -2.10. The van der Waals surface area contributed by atoms with E-state index in [1.165, 1.54) is 16.7 Å². The molecule has 2 nitrogen and oxygen atoms in total. The standard InChI is InChI=1S/C17H17NO/c1-19-18-17-12-14-9-5-6-10-15(14)16(17)11-13-7-3-2-4-8-13/h2-10,16H,11-12H2,1H3/b18-17-. The van der Waals surface area contributed by atoms with Gasteiger partial charge in [0.05, 0.1) is 5.71 Å². The molecule has 96 valence electrons. The molecule has 2 aromatic carbocycles. The van der Waals surface area contributed by atoms with Crippen LogP contribution in [-0.2, 0) is 17.7 Å². The van der Waals surface area contributed by atoms with Crippen LogP contribution < -0.4 is 0 Å². The van der Waals surface area contributed by atoms with E-state index in [-0.39, 0.29) is 0 Å². The fraction of sp³-hybridized carbons (Fsp3) is 0.235. The van der Waals surface area contributed by atoms with Gasteiger partial charge in [-0.25, -0.2) is 0 Å². The molecule has 0 radical (unpaired) electrons. The summed E-state index contributed by atoms with van der Waals surface area (Å²) in [6, 6.07) is 19.2. The van der Waals surface area contributed by atoms with Gasteiger partial charge in [-0.3, -0.25) is 0 Å². The van der Waals surface area contributed by atoms with Crippen LogP contribution in [0.25, 0.3) is 0 Å². The van der Waals surface area contributed by atoms with Gasteiger partial charge in [-0.2, -0.15) is 0 Å². The van der Waals surface area contributed by atoms with Gasteiger partial charge >= 0.3 is 0 Å². The predicted molar refractivity (Wildman–Crippen MR) is 77.5 cm³/mol. The molecule has 19 heavy (non-hydrogen) atoms. The van der Waals surface area contributed by atoms with E-state index in [0.29, 0.717) is 5.92 Å². The lowest BCUT2D eigenvalue weighted by atomic mass is 9.93. The Balaban J connectivity index is 1.94. The van der Waals surface area contributed by atoms with Gasteiger partial charge in [-0.1, -0.05) is 59.8 Å². The van der Waals surface area contributed by atoms with Gasteiger partial charge in [0.1, 0.15) is 7.11 Å². The summed E-state index contributed by atoms with van der Waals surface area (Å²) >= 11 is 0. The normalized spacial score (nSPS) is 19.4. The number of benzene rings is 2. The Morgan fingerprint density at radius 1 is 1.05 bits per heavy atom. The third-order valence-corrected chi connectivity index (χ3v) is 3.70. The molecule has 0 amide bonds. The van der Waals surface area contributed by atoms with Crippen molar-refractivity contribution in [2.24, 2.45) is 5.16 Å². The highest BCUT2D eigenvalue weighted by atomic mass is 16.6. The van der Waals surface area contributed by atoms with Gasteiger partial charge in [0.15, 0.2) is 0 Å². The molecule has 1 aliphatic rings. The first kappa shape index (κ1) is 12.0. The lowest BCUT2D eigenvalue weighted by Gasteiger charge is -2.12. The fourth-order valence-corrected chi connectivity index (χ4v) is 2.82. The zero-order valence-electron chi connectivity index (χ0n) is 11.0. The van der Waals surface area contributed by atoms with Crippen LogP contribution in [0.3, 0.4) is 0 Å². The van der Waals surface area contributed by atoms with Crippen LogP contribution in [0.4, 0.5) is 0 Å². The molecule has 1 unspecified atom stereocenters. The Morgan fingerprint density at radius 2 is 1.79 bits per heavy atom. The third kappa shape index (κ3) is 2.39. The van der Waals surface area contributed by atoms with Crippen molar-refractivity contribution in [3.8, 4) is 0 Å². The Hall–Kier alpha value is -2.09. The van der Waals surface area contributed by atoms with Crippen molar-refractivity contribution in [2.75, 3.05) is 7.11 Å². The Kier molecular flexibility index (Phi) is 3.32. The first-order valence-electron chi connectivity index (χ1n) is 6.60. The van der Waals surface area contributed by atoms with Crippen LogP contribution in [0, 0.1) is 0 Å². The molecule has 1 atom stereocenters. The van der Waals surface area contributed by atoms with Gasteiger partial charge in [0.25, 0.3) is 0 Å². The van der Waals surface area contributed by atoms with Gasteiger partial charge in [0, 0.05) is 12.3 Å². The summed E-state index contributed by atoms with van der Waals surface area (Å²) in [6.07, 6.45) is 1.89. The fourth-order valence-electron chi connectivity index (χ4n) is 2.82. The van der Waals surface area contributed by atoms with E-state index in [1.54, 1.807) is 7.11 Å².